The highest BCUT2D eigenvalue weighted by molar-refractivity contribution is 5.71. The van der Waals surface area contributed by atoms with Crippen molar-refractivity contribution in [3.63, 3.8) is 0 Å². The number of rotatable bonds is 59. The summed E-state index contributed by atoms with van der Waals surface area (Å²) in [7, 11) is 0. The van der Waals surface area contributed by atoms with Gasteiger partial charge in [-0.15, -0.1) is 0 Å². The van der Waals surface area contributed by atoms with Gasteiger partial charge in [-0.3, -0.25) is 14.4 Å². The van der Waals surface area contributed by atoms with Crippen LogP contribution in [0.5, 0.6) is 0 Å². The quantitative estimate of drug-likeness (QED) is 0.0261. The van der Waals surface area contributed by atoms with Gasteiger partial charge in [-0.1, -0.05) is 308 Å². The Morgan fingerprint density at radius 2 is 0.500 bits per heavy atom. The highest BCUT2D eigenvalue weighted by Crippen LogP contribution is 2.18. The van der Waals surface area contributed by atoms with Gasteiger partial charge in [0.2, 0.25) is 0 Å². The van der Waals surface area contributed by atoms with Gasteiger partial charge in [0, 0.05) is 19.3 Å². The molecule has 0 N–H and O–H groups in total. The van der Waals surface area contributed by atoms with Crippen molar-refractivity contribution in [2.45, 2.75) is 354 Å². The van der Waals surface area contributed by atoms with Crippen molar-refractivity contribution in [1.82, 2.24) is 0 Å². The zero-order valence-corrected chi connectivity index (χ0v) is 48.5. The minimum Gasteiger partial charge on any atom is -0.462 e. The van der Waals surface area contributed by atoms with Gasteiger partial charge in [-0.2, -0.15) is 0 Å². The first-order valence-electron chi connectivity index (χ1n) is 32.0. The molecule has 0 aromatic rings. The fourth-order valence-corrected chi connectivity index (χ4v) is 9.57. The van der Waals surface area contributed by atoms with Gasteiger partial charge in [-0.05, 0) is 57.8 Å². The molecule has 0 aromatic carbocycles. The smallest absolute Gasteiger partial charge is 0.306 e. The summed E-state index contributed by atoms with van der Waals surface area (Å²) in [6, 6.07) is 0. The van der Waals surface area contributed by atoms with Crippen molar-refractivity contribution < 1.29 is 28.6 Å². The van der Waals surface area contributed by atoms with Crippen molar-refractivity contribution in [3.05, 3.63) is 36.5 Å². The van der Waals surface area contributed by atoms with E-state index < -0.39 is 6.10 Å². The van der Waals surface area contributed by atoms with Crippen molar-refractivity contribution in [2.24, 2.45) is 0 Å². The van der Waals surface area contributed by atoms with Crippen molar-refractivity contribution in [2.75, 3.05) is 13.2 Å². The van der Waals surface area contributed by atoms with Gasteiger partial charge < -0.3 is 14.2 Å². The largest absolute Gasteiger partial charge is 0.462 e. The van der Waals surface area contributed by atoms with Crippen LogP contribution in [-0.2, 0) is 28.6 Å². The third-order valence-electron chi connectivity index (χ3n) is 14.4. The van der Waals surface area contributed by atoms with E-state index in [9.17, 15) is 14.4 Å². The molecule has 72 heavy (non-hydrogen) atoms. The molecular weight excluding hydrogens is 889 g/mol. The van der Waals surface area contributed by atoms with E-state index in [1.165, 1.54) is 231 Å². The summed E-state index contributed by atoms with van der Waals surface area (Å²) in [5, 5.41) is 0. The van der Waals surface area contributed by atoms with Crippen LogP contribution in [-0.4, -0.2) is 37.2 Å². The van der Waals surface area contributed by atoms with Crippen LogP contribution in [0.1, 0.15) is 348 Å². The molecule has 0 radical (unpaired) electrons. The molecule has 0 amide bonds. The molecule has 0 aliphatic rings. The number of hydrogen-bond donors (Lipinski definition) is 0. The molecular formula is C66H122O6. The Bertz CT molecular complexity index is 1210. The van der Waals surface area contributed by atoms with E-state index in [1.54, 1.807) is 0 Å². The van der Waals surface area contributed by atoms with Gasteiger partial charge in [0.15, 0.2) is 6.10 Å². The average molecular weight is 1010 g/mol. The Kier molecular flexibility index (Phi) is 59.2. The number of esters is 3. The lowest BCUT2D eigenvalue weighted by atomic mass is 10.0. The molecule has 0 fully saturated rings. The molecule has 0 bridgehead atoms. The molecule has 0 saturated carbocycles. The SMILES string of the molecule is CCCCC/C=C\C/C=C\C/C=C\CCCCCCCCC(=O)OC(COC(=O)CCCCCCCCCCCCCC)COC(=O)CCCCCCCCCCCCCCCCCCCCCCCCC. The summed E-state index contributed by atoms with van der Waals surface area (Å²) < 4.78 is 16.9. The number of ether oxygens (including phenoxy) is 3. The molecule has 422 valence electrons. The highest BCUT2D eigenvalue weighted by Gasteiger charge is 2.19. The fourth-order valence-electron chi connectivity index (χ4n) is 9.57. The molecule has 0 saturated heterocycles. The molecule has 6 heteroatoms. The van der Waals surface area contributed by atoms with Gasteiger partial charge in [0.1, 0.15) is 13.2 Å². The van der Waals surface area contributed by atoms with Crippen LogP contribution in [0.3, 0.4) is 0 Å². The van der Waals surface area contributed by atoms with Crippen molar-refractivity contribution in [1.29, 1.82) is 0 Å². The van der Waals surface area contributed by atoms with Crippen molar-refractivity contribution >= 4 is 17.9 Å². The summed E-state index contributed by atoms with van der Waals surface area (Å²) in [4.78, 5) is 38.3. The second-order valence-electron chi connectivity index (χ2n) is 21.7. The van der Waals surface area contributed by atoms with Crippen LogP contribution >= 0.6 is 0 Å². The second-order valence-corrected chi connectivity index (χ2v) is 21.7. The summed E-state index contributed by atoms with van der Waals surface area (Å²) in [5.41, 5.74) is 0. The van der Waals surface area contributed by atoms with Gasteiger partial charge in [0.25, 0.3) is 0 Å². The Morgan fingerprint density at radius 1 is 0.278 bits per heavy atom. The van der Waals surface area contributed by atoms with E-state index in [0.717, 1.165) is 77.0 Å². The molecule has 0 rings (SSSR count). The summed E-state index contributed by atoms with van der Waals surface area (Å²) in [6.45, 7) is 6.66. The minimum absolute atomic E-state index is 0.0723. The van der Waals surface area contributed by atoms with E-state index in [1.807, 2.05) is 0 Å². The second kappa shape index (κ2) is 61.2. The molecule has 0 aliphatic carbocycles. The lowest BCUT2D eigenvalue weighted by Crippen LogP contribution is -2.30. The normalized spacial score (nSPS) is 12.2. The van der Waals surface area contributed by atoms with Gasteiger partial charge in [-0.25, -0.2) is 0 Å². The van der Waals surface area contributed by atoms with E-state index in [4.69, 9.17) is 14.2 Å². The van der Waals surface area contributed by atoms with Crippen LogP contribution in [0, 0.1) is 0 Å². The third kappa shape index (κ3) is 58.5. The Balaban J connectivity index is 4.27. The number of carbonyl (C=O) groups excluding carboxylic acids is 3. The molecule has 0 heterocycles. The maximum absolute atomic E-state index is 12.9. The standard InChI is InChI=1S/C66H122O6/c1-4-7-10-13-16-19-22-25-27-29-31-32-33-34-36-37-39-41-44-47-50-53-56-59-65(68)71-62-63(61-70-64(67)58-55-52-49-46-43-24-21-18-15-12-9-6-3)72-66(69)60-57-54-51-48-45-42-40-38-35-30-28-26-23-20-17-14-11-8-5-2/h17,20,26,28,35,38,63H,4-16,18-19,21-25,27,29-34,36-37,39-62H2,1-3H3/b20-17-,28-26-,38-35-. The fraction of sp³-hybridized carbons (Fsp3) is 0.864. The molecule has 0 aliphatic heterocycles. The van der Waals surface area contributed by atoms with E-state index >= 15 is 0 Å². The molecule has 1 atom stereocenters. The van der Waals surface area contributed by atoms with Crippen LogP contribution < -0.4 is 0 Å². The molecule has 1 unspecified atom stereocenters. The van der Waals surface area contributed by atoms with Crippen LogP contribution in [0.15, 0.2) is 36.5 Å². The topological polar surface area (TPSA) is 78.9 Å². The average Bonchev–Trinajstić information content (AvgIpc) is 3.38. The predicted molar refractivity (Wildman–Crippen MR) is 312 cm³/mol. The van der Waals surface area contributed by atoms with E-state index in [-0.39, 0.29) is 31.1 Å². The number of hydrogen-bond acceptors (Lipinski definition) is 6. The van der Waals surface area contributed by atoms with Crippen molar-refractivity contribution in [3.8, 4) is 0 Å². The molecule has 0 spiro atoms. The maximum Gasteiger partial charge on any atom is 0.306 e. The monoisotopic (exact) mass is 1010 g/mol. The van der Waals surface area contributed by atoms with Crippen LogP contribution in [0.25, 0.3) is 0 Å². The summed E-state index contributed by atoms with van der Waals surface area (Å²) in [6.07, 6.45) is 74.4. The third-order valence-corrected chi connectivity index (χ3v) is 14.4. The first-order valence-corrected chi connectivity index (χ1v) is 32.0. The summed E-state index contributed by atoms with van der Waals surface area (Å²) >= 11 is 0. The first-order chi connectivity index (χ1) is 35.5. The molecule has 0 aromatic heterocycles. The Hall–Kier alpha value is -2.37. The first kappa shape index (κ1) is 69.6. The summed E-state index contributed by atoms with van der Waals surface area (Å²) in [5.74, 6) is -0.862. The predicted octanol–water partition coefficient (Wildman–Crippen LogP) is 21.6. The zero-order valence-electron chi connectivity index (χ0n) is 48.5. The Morgan fingerprint density at radius 3 is 0.806 bits per heavy atom. The van der Waals surface area contributed by atoms with E-state index in [2.05, 4.69) is 57.2 Å². The minimum atomic E-state index is -0.776. The number of allylic oxidation sites excluding steroid dienone is 6. The lowest BCUT2D eigenvalue weighted by molar-refractivity contribution is -0.167. The zero-order chi connectivity index (χ0) is 52.2. The van der Waals surface area contributed by atoms with Crippen LogP contribution in [0.2, 0.25) is 0 Å². The Labute approximate surface area is 448 Å². The van der Waals surface area contributed by atoms with Crippen LogP contribution in [0.4, 0.5) is 0 Å². The van der Waals surface area contributed by atoms with Gasteiger partial charge >= 0.3 is 17.9 Å². The molecule has 6 nitrogen and oxygen atoms in total. The number of unbranched alkanes of at least 4 members (excludes halogenated alkanes) is 42. The lowest BCUT2D eigenvalue weighted by Gasteiger charge is -2.18. The van der Waals surface area contributed by atoms with Gasteiger partial charge in [0.05, 0.1) is 0 Å². The maximum atomic E-state index is 12.9. The highest BCUT2D eigenvalue weighted by atomic mass is 16.6. The van der Waals surface area contributed by atoms with E-state index in [0.29, 0.717) is 19.3 Å². The number of carbonyl (C=O) groups is 3.